The van der Waals surface area contributed by atoms with E-state index in [1.807, 2.05) is 44.2 Å². The van der Waals surface area contributed by atoms with Crippen molar-refractivity contribution in [3.8, 4) is 5.69 Å². The Morgan fingerprint density at radius 1 is 1.09 bits per heavy atom. The minimum Gasteiger partial charge on any atom is -0.373 e. The van der Waals surface area contributed by atoms with Crippen LogP contribution in [0.25, 0.3) is 5.69 Å². The number of hydrogen-bond donors (Lipinski definition) is 1. The zero-order chi connectivity index (χ0) is 22.9. The fourth-order valence-corrected chi connectivity index (χ4v) is 5.70. The molecule has 0 radical (unpaired) electrons. The number of benzene rings is 2. The van der Waals surface area contributed by atoms with E-state index in [2.05, 4.69) is 10.4 Å². The highest BCUT2D eigenvalue weighted by Crippen LogP contribution is 2.28. The molecule has 0 unspecified atom stereocenters. The largest absolute Gasteiger partial charge is 0.373 e. The van der Waals surface area contributed by atoms with Gasteiger partial charge in [-0.05, 0) is 44.2 Å². The highest BCUT2D eigenvalue weighted by Gasteiger charge is 2.33. The highest BCUT2D eigenvalue weighted by atomic mass is 35.5. The molecule has 1 saturated heterocycles. The van der Waals surface area contributed by atoms with E-state index in [0.717, 1.165) is 5.69 Å². The molecule has 2 heterocycles. The van der Waals surface area contributed by atoms with Gasteiger partial charge in [-0.1, -0.05) is 29.8 Å². The molecule has 1 N–H and O–H groups in total. The number of nitrogens with one attached hydrogen (secondary N) is 1. The molecule has 1 aliphatic heterocycles. The van der Waals surface area contributed by atoms with Crippen molar-refractivity contribution in [1.29, 1.82) is 0 Å². The molecule has 168 valence electrons. The van der Waals surface area contributed by atoms with Gasteiger partial charge in [-0.2, -0.15) is 9.40 Å². The number of halogens is 1. The van der Waals surface area contributed by atoms with Crippen LogP contribution in [-0.4, -0.2) is 53.7 Å². The van der Waals surface area contributed by atoms with Gasteiger partial charge in [0.2, 0.25) is 10.0 Å². The predicted octanol–water partition coefficient (Wildman–Crippen LogP) is 3.58. The molecule has 8 nitrogen and oxygen atoms in total. The van der Waals surface area contributed by atoms with Crippen molar-refractivity contribution >= 4 is 33.3 Å². The maximum absolute atomic E-state index is 13.2. The van der Waals surface area contributed by atoms with Crippen LogP contribution in [-0.2, 0) is 14.8 Å². The Labute approximate surface area is 191 Å². The summed E-state index contributed by atoms with van der Waals surface area (Å²) in [5.41, 5.74) is 1.01. The smallest absolute Gasteiger partial charge is 0.256 e. The van der Waals surface area contributed by atoms with Crippen LogP contribution < -0.4 is 5.32 Å². The third kappa shape index (κ3) is 4.71. The molecule has 0 saturated carbocycles. The van der Waals surface area contributed by atoms with E-state index in [9.17, 15) is 13.2 Å². The normalized spacial score (nSPS) is 19.6. The van der Waals surface area contributed by atoms with Crippen LogP contribution in [0.1, 0.15) is 24.2 Å². The first-order valence-corrected chi connectivity index (χ1v) is 11.9. The molecule has 2 aromatic carbocycles. The summed E-state index contributed by atoms with van der Waals surface area (Å²) in [5.74, 6) is -0.144. The van der Waals surface area contributed by atoms with Crippen molar-refractivity contribution in [2.24, 2.45) is 0 Å². The van der Waals surface area contributed by atoms with E-state index in [4.69, 9.17) is 16.3 Å². The number of aromatic nitrogens is 2. The van der Waals surface area contributed by atoms with E-state index in [1.54, 1.807) is 16.9 Å². The number of hydrogen-bond acceptors (Lipinski definition) is 5. The van der Waals surface area contributed by atoms with E-state index >= 15 is 0 Å². The maximum Gasteiger partial charge on any atom is 0.256 e. The number of rotatable bonds is 5. The average molecular weight is 475 g/mol. The van der Waals surface area contributed by atoms with Crippen LogP contribution in [0.4, 0.5) is 5.82 Å². The Bertz CT molecular complexity index is 1220. The van der Waals surface area contributed by atoms with Gasteiger partial charge in [0.15, 0.2) is 5.82 Å². The lowest BCUT2D eigenvalue weighted by atomic mass is 10.2. The summed E-state index contributed by atoms with van der Waals surface area (Å²) in [4.78, 5) is 12.7. The molecule has 0 spiro atoms. The van der Waals surface area contributed by atoms with Gasteiger partial charge < -0.3 is 10.1 Å². The Morgan fingerprint density at radius 3 is 2.47 bits per heavy atom. The number of anilines is 1. The van der Waals surface area contributed by atoms with Gasteiger partial charge in [0.1, 0.15) is 4.90 Å². The minimum absolute atomic E-state index is 0.0571. The Kier molecular flexibility index (Phi) is 6.34. The Hall–Kier alpha value is -2.72. The fourth-order valence-electron chi connectivity index (χ4n) is 3.61. The average Bonchev–Trinajstić information content (AvgIpc) is 3.22. The van der Waals surface area contributed by atoms with Crippen molar-refractivity contribution < 1.29 is 17.9 Å². The maximum atomic E-state index is 13.2. The minimum atomic E-state index is -3.90. The second kappa shape index (κ2) is 9.03. The molecule has 0 aliphatic carbocycles. The van der Waals surface area contributed by atoms with Crippen molar-refractivity contribution in [1.82, 2.24) is 14.1 Å². The predicted molar refractivity (Wildman–Crippen MR) is 122 cm³/mol. The van der Waals surface area contributed by atoms with Gasteiger partial charge in [0, 0.05) is 30.9 Å². The molecule has 1 amide bonds. The van der Waals surface area contributed by atoms with E-state index in [0.29, 0.717) is 5.82 Å². The van der Waals surface area contributed by atoms with Crippen molar-refractivity contribution in [3.05, 3.63) is 71.4 Å². The number of morpholine rings is 1. The number of nitrogens with zero attached hydrogens (tertiary/aromatic N) is 3. The van der Waals surface area contributed by atoms with Crippen molar-refractivity contribution in [2.75, 3.05) is 18.4 Å². The zero-order valence-corrected chi connectivity index (χ0v) is 19.2. The van der Waals surface area contributed by atoms with Crippen molar-refractivity contribution in [3.63, 3.8) is 0 Å². The topological polar surface area (TPSA) is 93.5 Å². The number of amides is 1. The summed E-state index contributed by atoms with van der Waals surface area (Å²) < 4.78 is 35.1. The second-order valence-corrected chi connectivity index (χ2v) is 9.97. The van der Waals surface area contributed by atoms with Crippen LogP contribution in [0, 0.1) is 0 Å². The van der Waals surface area contributed by atoms with Crippen LogP contribution in [0.3, 0.4) is 0 Å². The fraction of sp³-hybridized carbons (Fsp3) is 0.273. The summed E-state index contributed by atoms with van der Waals surface area (Å²) in [5, 5.41) is 7.10. The molecule has 10 heteroatoms. The molecular formula is C22H23ClN4O4S. The third-order valence-electron chi connectivity index (χ3n) is 5.05. The van der Waals surface area contributed by atoms with E-state index in [-0.39, 0.29) is 40.8 Å². The van der Waals surface area contributed by atoms with E-state index < -0.39 is 15.9 Å². The molecule has 4 rings (SSSR count). The highest BCUT2D eigenvalue weighted by molar-refractivity contribution is 7.89. The first-order chi connectivity index (χ1) is 15.2. The Morgan fingerprint density at radius 2 is 1.78 bits per heavy atom. The molecule has 2 atom stereocenters. The summed E-state index contributed by atoms with van der Waals surface area (Å²) >= 11 is 6.22. The lowest BCUT2D eigenvalue weighted by Crippen LogP contribution is -2.48. The number of ether oxygens (including phenoxy) is 1. The standard InChI is InChI=1S/C22H23ClN4O4S/c1-15-13-26(14-16(2)31-15)32(29,30)20-12-17(8-9-19(20)23)22(28)24-21-10-11-27(25-21)18-6-4-3-5-7-18/h3-12,15-16H,13-14H2,1-2H3,(H,24,25,28)/t15-,16-/m0/s1. The van der Waals surface area contributed by atoms with Gasteiger partial charge in [0.05, 0.1) is 22.9 Å². The number of sulfonamides is 1. The second-order valence-electron chi connectivity index (χ2n) is 7.66. The van der Waals surface area contributed by atoms with Gasteiger partial charge in [-0.3, -0.25) is 4.79 Å². The quantitative estimate of drug-likeness (QED) is 0.610. The molecule has 3 aromatic rings. The lowest BCUT2D eigenvalue weighted by molar-refractivity contribution is -0.0440. The van der Waals surface area contributed by atoms with Crippen molar-refractivity contribution in [2.45, 2.75) is 31.0 Å². The van der Waals surface area contributed by atoms with Gasteiger partial charge in [0.25, 0.3) is 5.91 Å². The number of carbonyl (C=O) groups excluding carboxylic acids is 1. The van der Waals surface area contributed by atoms with E-state index in [1.165, 1.54) is 22.5 Å². The van der Waals surface area contributed by atoms with Crippen LogP contribution in [0.5, 0.6) is 0 Å². The first-order valence-electron chi connectivity index (χ1n) is 10.1. The lowest BCUT2D eigenvalue weighted by Gasteiger charge is -2.34. The third-order valence-corrected chi connectivity index (χ3v) is 7.36. The monoisotopic (exact) mass is 474 g/mol. The Balaban J connectivity index is 1.56. The first kappa shape index (κ1) is 22.5. The van der Waals surface area contributed by atoms with Crippen LogP contribution >= 0.6 is 11.6 Å². The number of para-hydroxylation sites is 1. The summed E-state index contributed by atoms with van der Waals surface area (Å²) in [6.45, 7) is 4.07. The molecule has 32 heavy (non-hydrogen) atoms. The number of carbonyl (C=O) groups is 1. The van der Waals surface area contributed by atoms with Gasteiger partial charge in [-0.25, -0.2) is 13.1 Å². The summed E-state index contributed by atoms with van der Waals surface area (Å²) in [6, 6.07) is 15.3. The van der Waals surface area contributed by atoms with Crippen LogP contribution in [0.2, 0.25) is 5.02 Å². The SMILES string of the molecule is C[C@H]1CN(S(=O)(=O)c2cc(C(=O)Nc3ccn(-c4ccccc4)n3)ccc2Cl)C[C@H](C)O1. The molecular weight excluding hydrogens is 452 g/mol. The van der Waals surface area contributed by atoms with Gasteiger partial charge >= 0.3 is 0 Å². The summed E-state index contributed by atoms with van der Waals surface area (Å²) in [6.07, 6.45) is 1.25. The zero-order valence-electron chi connectivity index (χ0n) is 17.6. The molecule has 0 bridgehead atoms. The molecule has 1 aromatic heterocycles. The van der Waals surface area contributed by atoms with Crippen LogP contribution in [0.15, 0.2) is 65.7 Å². The van der Waals surface area contributed by atoms with Gasteiger partial charge in [-0.15, -0.1) is 0 Å². The molecule has 1 fully saturated rings. The summed E-state index contributed by atoms with van der Waals surface area (Å²) in [7, 11) is -3.90. The molecule has 1 aliphatic rings.